The fourth-order valence-electron chi connectivity index (χ4n) is 7.19. The number of ether oxygens (including phenoxy) is 1. The Labute approximate surface area is 400 Å². The van der Waals surface area contributed by atoms with Crippen molar-refractivity contribution < 1.29 is 24.5 Å². The van der Waals surface area contributed by atoms with E-state index in [1.165, 1.54) is 51.4 Å². The van der Waals surface area contributed by atoms with Crippen LogP contribution in [0.2, 0.25) is 0 Å². The highest BCUT2D eigenvalue weighted by Crippen LogP contribution is 2.17. The summed E-state index contributed by atoms with van der Waals surface area (Å²) in [5.41, 5.74) is 0. The minimum Gasteiger partial charge on any atom is -0.462 e. The number of hydrogen-bond donors (Lipinski definition) is 3. The van der Waals surface area contributed by atoms with Crippen LogP contribution >= 0.6 is 0 Å². The quantitative estimate of drug-likeness (QED) is 0.0245. The molecule has 0 bridgehead atoms. The first-order valence-corrected chi connectivity index (χ1v) is 26.3. The zero-order chi connectivity index (χ0) is 47.4. The predicted molar refractivity (Wildman–Crippen MR) is 282 cm³/mol. The van der Waals surface area contributed by atoms with Crippen LogP contribution < -0.4 is 5.32 Å². The molecule has 0 heterocycles. The average molecular weight is 900 g/mol. The molecule has 3 atom stereocenters. The fraction of sp³-hybridized carbons (Fsp3) is 0.627. The Bertz CT molecular complexity index is 1380. The van der Waals surface area contributed by atoms with Gasteiger partial charge in [0.25, 0.3) is 0 Å². The van der Waals surface area contributed by atoms with E-state index in [0.29, 0.717) is 19.3 Å². The highest BCUT2D eigenvalue weighted by Gasteiger charge is 2.24. The van der Waals surface area contributed by atoms with E-state index in [1.807, 2.05) is 36.5 Å². The number of carbonyl (C=O) groups is 2. The standard InChI is InChI=1S/C59H97NO5/c1-4-7-10-13-16-19-22-24-26-28-29-30-32-34-37-40-43-46-49-52-59(64)65-55(50-47-44-41-38-36-33-31-27-25-23-20-17-14-11-8-5-2)53-58(63)60-56(54-61)57(62)51-48-45-42-39-35-21-18-15-12-9-6-3/h7,10-11,14,16-17,19-20,23-27,29-31,33-34,36-37,55-57,61-62H,4-6,8-9,12-13,15,18,21-22,28,32,35,38-54H2,1-3H3,(H,60,63)/b10-7-,14-11+,19-16-,20-17+,25-23+,26-24-,30-29-,31-27+,36-33+,37-34-. The number of nitrogens with one attached hydrogen (secondary N) is 1. The first-order chi connectivity index (χ1) is 32.0. The van der Waals surface area contributed by atoms with Crippen molar-refractivity contribution in [3.05, 3.63) is 122 Å². The Morgan fingerprint density at radius 3 is 1.46 bits per heavy atom. The number of hydrogen-bond acceptors (Lipinski definition) is 5. The molecule has 0 aromatic heterocycles. The molecule has 0 saturated carbocycles. The van der Waals surface area contributed by atoms with Gasteiger partial charge in [-0.15, -0.1) is 0 Å². The lowest BCUT2D eigenvalue weighted by atomic mass is 10.0. The summed E-state index contributed by atoms with van der Waals surface area (Å²) in [4.78, 5) is 26.2. The number of amides is 1. The molecule has 0 radical (unpaired) electrons. The van der Waals surface area contributed by atoms with Crippen LogP contribution in [0.4, 0.5) is 0 Å². The molecule has 65 heavy (non-hydrogen) atoms. The van der Waals surface area contributed by atoms with Crippen molar-refractivity contribution >= 4 is 11.9 Å². The lowest BCUT2D eigenvalue weighted by Crippen LogP contribution is -2.46. The van der Waals surface area contributed by atoms with Crippen LogP contribution in [0.15, 0.2) is 122 Å². The molecular weight excluding hydrogens is 803 g/mol. The number of aliphatic hydroxyl groups excluding tert-OH is 2. The molecule has 3 unspecified atom stereocenters. The Morgan fingerprint density at radius 1 is 0.477 bits per heavy atom. The normalized spacial score (nSPS) is 14.2. The van der Waals surface area contributed by atoms with Gasteiger partial charge in [0.05, 0.1) is 25.2 Å². The molecule has 6 nitrogen and oxygen atoms in total. The van der Waals surface area contributed by atoms with E-state index in [2.05, 4.69) is 111 Å². The number of aliphatic hydroxyl groups is 2. The minimum atomic E-state index is -0.813. The minimum absolute atomic E-state index is 0.0277. The Balaban J connectivity index is 4.77. The van der Waals surface area contributed by atoms with Crippen molar-refractivity contribution in [2.45, 2.75) is 232 Å². The largest absolute Gasteiger partial charge is 0.462 e. The van der Waals surface area contributed by atoms with Crippen LogP contribution in [-0.4, -0.2) is 46.9 Å². The van der Waals surface area contributed by atoms with E-state index in [4.69, 9.17) is 4.74 Å². The molecular formula is C59H97NO5. The Hall–Kier alpha value is -3.74. The number of esters is 1. The molecule has 3 N–H and O–H groups in total. The highest BCUT2D eigenvalue weighted by atomic mass is 16.5. The first kappa shape index (κ1) is 61.3. The van der Waals surface area contributed by atoms with E-state index in [-0.39, 0.29) is 24.9 Å². The summed E-state index contributed by atoms with van der Waals surface area (Å²) >= 11 is 0. The molecule has 368 valence electrons. The van der Waals surface area contributed by atoms with E-state index < -0.39 is 18.2 Å². The van der Waals surface area contributed by atoms with Gasteiger partial charge in [-0.2, -0.15) is 0 Å². The summed E-state index contributed by atoms with van der Waals surface area (Å²) in [5.74, 6) is -0.566. The van der Waals surface area contributed by atoms with Gasteiger partial charge in [-0.05, 0) is 89.9 Å². The lowest BCUT2D eigenvalue weighted by Gasteiger charge is -2.24. The predicted octanol–water partition coefficient (Wildman–Crippen LogP) is 16.1. The smallest absolute Gasteiger partial charge is 0.306 e. The molecule has 0 fully saturated rings. The van der Waals surface area contributed by atoms with Crippen molar-refractivity contribution in [3.63, 3.8) is 0 Å². The maximum Gasteiger partial charge on any atom is 0.306 e. The summed E-state index contributed by atoms with van der Waals surface area (Å²) in [6.45, 7) is 6.24. The molecule has 0 aliphatic rings. The molecule has 1 amide bonds. The van der Waals surface area contributed by atoms with E-state index in [9.17, 15) is 19.8 Å². The fourth-order valence-corrected chi connectivity index (χ4v) is 7.19. The summed E-state index contributed by atoms with van der Waals surface area (Å²) in [5, 5.41) is 23.7. The van der Waals surface area contributed by atoms with Gasteiger partial charge in [0.1, 0.15) is 6.10 Å². The van der Waals surface area contributed by atoms with Crippen LogP contribution in [-0.2, 0) is 14.3 Å². The van der Waals surface area contributed by atoms with Gasteiger partial charge >= 0.3 is 5.97 Å². The van der Waals surface area contributed by atoms with Crippen molar-refractivity contribution in [1.29, 1.82) is 0 Å². The van der Waals surface area contributed by atoms with Gasteiger partial charge in [-0.25, -0.2) is 0 Å². The number of carbonyl (C=O) groups excluding carboxylic acids is 2. The van der Waals surface area contributed by atoms with Gasteiger partial charge < -0.3 is 20.3 Å². The molecule has 0 aliphatic carbocycles. The van der Waals surface area contributed by atoms with Crippen LogP contribution in [0.25, 0.3) is 0 Å². The van der Waals surface area contributed by atoms with Gasteiger partial charge in [0, 0.05) is 6.42 Å². The van der Waals surface area contributed by atoms with E-state index in [1.54, 1.807) is 0 Å². The van der Waals surface area contributed by atoms with Crippen LogP contribution in [0, 0.1) is 0 Å². The van der Waals surface area contributed by atoms with Gasteiger partial charge in [-0.3, -0.25) is 9.59 Å². The summed E-state index contributed by atoms with van der Waals surface area (Å²) in [6.07, 6.45) is 71.1. The monoisotopic (exact) mass is 900 g/mol. The molecule has 6 heteroatoms. The Kier molecular flexibility index (Phi) is 48.3. The summed E-state index contributed by atoms with van der Waals surface area (Å²) < 4.78 is 5.91. The Morgan fingerprint density at radius 2 is 0.923 bits per heavy atom. The van der Waals surface area contributed by atoms with Crippen molar-refractivity contribution in [3.8, 4) is 0 Å². The van der Waals surface area contributed by atoms with Gasteiger partial charge in [-0.1, -0.05) is 232 Å². The number of allylic oxidation sites excluding steroid dienone is 20. The van der Waals surface area contributed by atoms with Crippen molar-refractivity contribution in [1.82, 2.24) is 5.32 Å². The van der Waals surface area contributed by atoms with E-state index in [0.717, 1.165) is 116 Å². The second kappa shape index (κ2) is 51.2. The first-order valence-electron chi connectivity index (χ1n) is 26.3. The molecule has 0 saturated heterocycles. The summed E-state index contributed by atoms with van der Waals surface area (Å²) in [6, 6.07) is -0.731. The average Bonchev–Trinajstić information content (AvgIpc) is 3.30. The zero-order valence-electron chi connectivity index (χ0n) is 41.8. The maximum atomic E-state index is 13.2. The topological polar surface area (TPSA) is 95.9 Å². The van der Waals surface area contributed by atoms with Crippen LogP contribution in [0.3, 0.4) is 0 Å². The lowest BCUT2D eigenvalue weighted by molar-refractivity contribution is -0.151. The van der Waals surface area contributed by atoms with Crippen LogP contribution in [0.1, 0.15) is 213 Å². The molecule has 0 spiro atoms. The second-order valence-corrected chi connectivity index (χ2v) is 17.3. The van der Waals surface area contributed by atoms with E-state index >= 15 is 0 Å². The SMILES string of the molecule is CC/C=C\C/C=C\C/C=C\C/C=C\C/C=C\CCCCCC(=O)OC(CCCCC/C=C/C=C/C=C/C=C/C=C/CCC)CC(=O)NC(CO)C(O)CCCCCCCCCCCCC. The molecule has 0 aromatic rings. The molecule has 0 rings (SSSR count). The van der Waals surface area contributed by atoms with Gasteiger partial charge in [0.2, 0.25) is 5.91 Å². The number of unbranched alkanes of at least 4 members (excludes halogenated alkanes) is 17. The van der Waals surface area contributed by atoms with Crippen molar-refractivity contribution in [2.75, 3.05) is 6.61 Å². The molecule has 0 aromatic carbocycles. The third-order valence-electron chi connectivity index (χ3n) is 11.1. The highest BCUT2D eigenvalue weighted by molar-refractivity contribution is 5.77. The summed E-state index contributed by atoms with van der Waals surface area (Å²) in [7, 11) is 0. The second-order valence-electron chi connectivity index (χ2n) is 17.3. The third kappa shape index (κ3) is 46.6. The van der Waals surface area contributed by atoms with Gasteiger partial charge in [0.15, 0.2) is 0 Å². The third-order valence-corrected chi connectivity index (χ3v) is 11.1. The maximum absolute atomic E-state index is 13.2. The number of rotatable bonds is 45. The van der Waals surface area contributed by atoms with Crippen LogP contribution in [0.5, 0.6) is 0 Å². The van der Waals surface area contributed by atoms with Crippen molar-refractivity contribution in [2.24, 2.45) is 0 Å². The molecule has 0 aliphatic heterocycles. The zero-order valence-corrected chi connectivity index (χ0v) is 41.8.